The zero-order valence-electron chi connectivity index (χ0n) is 13.6. The lowest BCUT2D eigenvalue weighted by Crippen LogP contribution is -2.43. The first-order valence-electron chi connectivity index (χ1n) is 8.44. The lowest BCUT2D eigenvalue weighted by Gasteiger charge is -2.17. The number of ether oxygens (including phenoxy) is 1. The molecule has 1 fully saturated rings. The number of furan rings is 1. The Labute approximate surface area is 133 Å². The molecule has 1 aromatic heterocycles. The summed E-state index contributed by atoms with van der Waals surface area (Å²) < 4.78 is 10.4. The van der Waals surface area contributed by atoms with Crippen LogP contribution in [0.1, 0.15) is 44.3 Å². The largest absolute Gasteiger partial charge is 0.469 e. The normalized spacial score (nSPS) is 16.1. The van der Waals surface area contributed by atoms with Crippen molar-refractivity contribution in [2.75, 3.05) is 26.8 Å². The highest BCUT2D eigenvalue weighted by Gasteiger charge is 2.15. The minimum Gasteiger partial charge on any atom is -0.469 e. The second kappa shape index (κ2) is 10.3. The van der Waals surface area contributed by atoms with E-state index in [9.17, 15) is 0 Å². The van der Waals surface area contributed by atoms with Crippen LogP contribution in [0.4, 0.5) is 0 Å². The molecule has 0 bridgehead atoms. The number of hydrogen-bond acceptors (Lipinski definition) is 3. The maximum Gasteiger partial charge on any atom is 0.191 e. The molecule has 1 saturated carbocycles. The van der Waals surface area contributed by atoms with Crippen molar-refractivity contribution in [3.63, 3.8) is 0 Å². The topological polar surface area (TPSA) is 58.8 Å². The second-order valence-electron chi connectivity index (χ2n) is 5.81. The quantitative estimate of drug-likeness (QED) is 0.418. The van der Waals surface area contributed by atoms with Crippen LogP contribution in [0, 0.1) is 0 Å². The van der Waals surface area contributed by atoms with E-state index in [1.807, 2.05) is 12.1 Å². The first-order chi connectivity index (χ1) is 10.9. The van der Waals surface area contributed by atoms with Gasteiger partial charge in [-0.1, -0.05) is 12.8 Å². The van der Waals surface area contributed by atoms with E-state index in [-0.39, 0.29) is 0 Å². The van der Waals surface area contributed by atoms with Crippen LogP contribution in [0.15, 0.2) is 27.8 Å². The highest BCUT2D eigenvalue weighted by atomic mass is 16.5. The molecular formula is C17H29N3O2. The zero-order valence-corrected chi connectivity index (χ0v) is 13.6. The molecule has 1 aliphatic rings. The lowest BCUT2D eigenvalue weighted by atomic mass is 10.2. The number of unbranched alkanes of at least 4 members (excludes halogenated alkanes) is 1. The Balaban J connectivity index is 1.73. The number of aliphatic imine (C=N–C) groups is 1. The predicted octanol–water partition coefficient (Wildman–Crippen LogP) is 2.73. The Hall–Kier alpha value is -1.49. The summed E-state index contributed by atoms with van der Waals surface area (Å²) >= 11 is 0. The molecule has 0 aliphatic heterocycles. The van der Waals surface area contributed by atoms with Gasteiger partial charge in [0.05, 0.1) is 6.26 Å². The SMILES string of the molecule is COCCCCN=C(NCCc1ccco1)NC1CCCC1. The molecule has 1 aromatic rings. The highest BCUT2D eigenvalue weighted by molar-refractivity contribution is 5.80. The summed E-state index contributed by atoms with van der Waals surface area (Å²) in [6.07, 6.45) is 9.87. The van der Waals surface area contributed by atoms with Gasteiger partial charge in [-0.25, -0.2) is 0 Å². The maximum absolute atomic E-state index is 5.36. The van der Waals surface area contributed by atoms with Gasteiger partial charge in [-0.3, -0.25) is 4.99 Å². The van der Waals surface area contributed by atoms with Gasteiger partial charge in [0.15, 0.2) is 5.96 Å². The van der Waals surface area contributed by atoms with Gasteiger partial charge in [0, 0.05) is 39.3 Å². The Morgan fingerprint density at radius 2 is 2.23 bits per heavy atom. The van der Waals surface area contributed by atoms with Gasteiger partial charge < -0.3 is 19.8 Å². The van der Waals surface area contributed by atoms with Crippen molar-refractivity contribution < 1.29 is 9.15 Å². The molecule has 124 valence electrons. The van der Waals surface area contributed by atoms with Gasteiger partial charge in [0.1, 0.15) is 5.76 Å². The summed E-state index contributed by atoms with van der Waals surface area (Å²) in [5.74, 6) is 1.95. The van der Waals surface area contributed by atoms with Gasteiger partial charge in [-0.15, -0.1) is 0 Å². The van der Waals surface area contributed by atoms with Gasteiger partial charge >= 0.3 is 0 Å². The molecular weight excluding hydrogens is 278 g/mol. The summed E-state index contributed by atoms with van der Waals surface area (Å²) in [6, 6.07) is 4.51. The number of rotatable bonds is 9. The fourth-order valence-corrected chi connectivity index (χ4v) is 2.72. The number of methoxy groups -OCH3 is 1. The Morgan fingerprint density at radius 3 is 2.95 bits per heavy atom. The second-order valence-corrected chi connectivity index (χ2v) is 5.81. The highest BCUT2D eigenvalue weighted by Crippen LogP contribution is 2.17. The molecule has 2 N–H and O–H groups in total. The first kappa shape index (κ1) is 16.9. The molecule has 5 nitrogen and oxygen atoms in total. The van der Waals surface area contributed by atoms with Crippen LogP contribution in [0.25, 0.3) is 0 Å². The van der Waals surface area contributed by atoms with Crippen LogP contribution < -0.4 is 10.6 Å². The Morgan fingerprint density at radius 1 is 1.36 bits per heavy atom. The molecule has 0 unspecified atom stereocenters. The van der Waals surface area contributed by atoms with Crippen LogP contribution in [0.2, 0.25) is 0 Å². The number of hydrogen-bond donors (Lipinski definition) is 2. The van der Waals surface area contributed by atoms with Crippen LogP contribution in [-0.2, 0) is 11.2 Å². The molecule has 0 radical (unpaired) electrons. The van der Waals surface area contributed by atoms with Gasteiger partial charge in [-0.05, 0) is 37.8 Å². The van der Waals surface area contributed by atoms with Crippen molar-refractivity contribution in [1.29, 1.82) is 0 Å². The molecule has 1 aliphatic carbocycles. The summed E-state index contributed by atoms with van der Waals surface area (Å²) in [5, 5.41) is 6.99. The first-order valence-corrected chi connectivity index (χ1v) is 8.44. The average Bonchev–Trinajstić information content (AvgIpc) is 3.20. The van der Waals surface area contributed by atoms with Gasteiger partial charge in [0.25, 0.3) is 0 Å². The summed E-state index contributed by atoms with van der Waals surface area (Å²) in [6.45, 7) is 2.49. The van der Waals surface area contributed by atoms with Crippen LogP contribution in [-0.4, -0.2) is 38.8 Å². The van der Waals surface area contributed by atoms with E-state index in [1.54, 1.807) is 13.4 Å². The van der Waals surface area contributed by atoms with E-state index in [2.05, 4.69) is 15.6 Å². The molecule has 2 rings (SSSR count). The average molecular weight is 307 g/mol. The Kier molecular flexibility index (Phi) is 7.88. The molecule has 0 saturated heterocycles. The third kappa shape index (κ3) is 6.52. The van der Waals surface area contributed by atoms with E-state index in [4.69, 9.17) is 9.15 Å². The van der Waals surface area contributed by atoms with E-state index in [0.29, 0.717) is 6.04 Å². The molecule has 1 heterocycles. The minimum atomic E-state index is 0.578. The van der Waals surface area contributed by atoms with Crippen molar-refractivity contribution >= 4 is 5.96 Å². The summed E-state index contributed by atoms with van der Waals surface area (Å²) in [5.41, 5.74) is 0. The van der Waals surface area contributed by atoms with Crippen molar-refractivity contribution in [2.24, 2.45) is 4.99 Å². The number of guanidine groups is 1. The van der Waals surface area contributed by atoms with Gasteiger partial charge in [-0.2, -0.15) is 0 Å². The fourth-order valence-electron chi connectivity index (χ4n) is 2.72. The van der Waals surface area contributed by atoms with E-state index in [0.717, 1.165) is 50.7 Å². The molecule has 5 heteroatoms. The van der Waals surface area contributed by atoms with Crippen LogP contribution in [0.5, 0.6) is 0 Å². The maximum atomic E-state index is 5.36. The van der Waals surface area contributed by atoms with Crippen molar-refractivity contribution in [1.82, 2.24) is 10.6 Å². The molecule has 0 amide bonds. The Bertz CT molecular complexity index is 412. The van der Waals surface area contributed by atoms with E-state index in [1.165, 1.54) is 25.7 Å². The fraction of sp³-hybridized carbons (Fsp3) is 0.706. The molecule has 0 spiro atoms. The smallest absolute Gasteiger partial charge is 0.191 e. The van der Waals surface area contributed by atoms with Gasteiger partial charge in [0.2, 0.25) is 0 Å². The third-order valence-electron chi connectivity index (χ3n) is 3.97. The predicted molar refractivity (Wildman–Crippen MR) is 89.2 cm³/mol. The number of nitrogens with zero attached hydrogens (tertiary/aromatic N) is 1. The summed E-state index contributed by atoms with van der Waals surface area (Å²) in [7, 11) is 1.74. The lowest BCUT2D eigenvalue weighted by molar-refractivity contribution is 0.193. The molecule has 22 heavy (non-hydrogen) atoms. The monoisotopic (exact) mass is 307 g/mol. The zero-order chi connectivity index (χ0) is 15.5. The van der Waals surface area contributed by atoms with Crippen molar-refractivity contribution in [3.05, 3.63) is 24.2 Å². The molecule has 0 atom stereocenters. The standard InChI is InChI=1S/C17H29N3O2/c1-21-13-5-4-11-18-17(20-15-7-2-3-8-15)19-12-10-16-9-6-14-22-16/h6,9,14-15H,2-5,7-8,10-13H2,1H3,(H2,18,19,20). The van der Waals surface area contributed by atoms with Crippen LogP contribution >= 0.6 is 0 Å². The number of nitrogens with one attached hydrogen (secondary N) is 2. The van der Waals surface area contributed by atoms with Crippen LogP contribution in [0.3, 0.4) is 0 Å². The third-order valence-corrected chi connectivity index (χ3v) is 3.97. The van der Waals surface area contributed by atoms with E-state index < -0.39 is 0 Å². The molecule has 0 aromatic carbocycles. The van der Waals surface area contributed by atoms with Crippen molar-refractivity contribution in [2.45, 2.75) is 51.0 Å². The summed E-state index contributed by atoms with van der Waals surface area (Å²) in [4.78, 5) is 4.69. The van der Waals surface area contributed by atoms with Crippen molar-refractivity contribution in [3.8, 4) is 0 Å². The van der Waals surface area contributed by atoms with E-state index >= 15 is 0 Å². The minimum absolute atomic E-state index is 0.578.